The molecule has 0 amide bonds. The van der Waals surface area contributed by atoms with Crippen LogP contribution >= 0.6 is 0 Å². The maximum atomic E-state index is 10.9. The van der Waals surface area contributed by atoms with Crippen molar-refractivity contribution in [1.82, 2.24) is 0 Å². The zero-order valence-electron chi connectivity index (χ0n) is 18.1. The van der Waals surface area contributed by atoms with Crippen molar-refractivity contribution in [3.05, 3.63) is 107 Å². The van der Waals surface area contributed by atoms with Crippen LogP contribution < -0.4 is 0 Å². The predicted molar refractivity (Wildman–Crippen MR) is 127 cm³/mol. The predicted octanol–water partition coefficient (Wildman–Crippen LogP) is 5.18. The van der Waals surface area contributed by atoms with E-state index in [0.717, 1.165) is 16.7 Å². The van der Waals surface area contributed by atoms with Gasteiger partial charge in [-0.05, 0) is 77.1 Å². The van der Waals surface area contributed by atoms with E-state index in [2.05, 4.69) is 0 Å². The highest BCUT2D eigenvalue weighted by molar-refractivity contribution is 5.57. The van der Waals surface area contributed by atoms with E-state index in [-0.39, 0.29) is 46.3 Å². The van der Waals surface area contributed by atoms with Gasteiger partial charge in [0.15, 0.2) is 0 Å². The molecular weight excluding hydrogens is 432 g/mol. The van der Waals surface area contributed by atoms with Crippen molar-refractivity contribution in [2.45, 2.75) is 24.2 Å². The van der Waals surface area contributed by atoms with Gasteiger partial charge < -0.3 is 30.6 Å². The van der Waals surface area contributed by atoms with Crippen LogP contribution in [0.1, 0.15) is 45.6 Å². The van der Waals surface area contributed by atoms with E-state index < -0.39 is 5.92 Å². The molecule has 0 unspecified atom stereocenters. The van der Waals surface area contributed by atoms with Crippen molar-refractivity contribution in [2.24, 2.45) is 0 Å². The summed E-state index contributed by atoms with van der Waals surface area (Å²) in [6.07, 6.45) is 0.470. The lowest BCUT2D eigenvalue weighted by molar-refractivity contribution is 0.403. The maximum absolute atomic E-state index is 10.9. The Balaban J connectivity index is 1.81. The first-order chi connectivity index (χ1) is 16.3. The lowest BCUT2D eigenvalue weighted by Crippen LogP contribution is -2.28. The fourth-order valence-electron chi connectivity index (χ4n) is 5.32. The summed E-state index contributed by atoms with van der Waals surface area (Å²) in [5.74, 6) is -0.956. The molecule has 0 fully saturated rings. The zero-order chi connectivity index (χ0) is 24.0. The van der Waals surface area contributed by atoms with Gasteiger partial charge in [0.2, 0.25) is 0 Å². The molecule has 4 aromatic rings. The minimum absolute atomic E-state index is 0.0430. The minimum Gasteiger partial charge on any atom is -0.508 e. The van der Waals surface area contributed by atoms with Gasteiger partial charge in [-0.3, -0.25) is 0 Å². The van der Waals surface area contributed by atoms with Gasteiger partial charge >= 0.3 is 0 Å². The maximum Gasteiger partial charge on any atom is 0.123 e. The van der Waals surface area contributed by atoms with Gasteiger partial charge in [0.1, 0.15) is 34.5 Å². The smallest absolute Gasteiger partial charge is 0.123 e. The molecule has 172 valence electrons. The fourth-order valence-corrected chi connectivity index (χ4v) is 5.32. The molecule has 6 heteroatoms. The number of hydrogen-bond acceptors (Lipinski definition) is 6. The lowest BCUT2D eigenvalue weighted by atomic mass is 9.62. The highest BCUT2D eigenvalue weighted by Gasteiger charge is 2.41. The fraction of sp³-hybridized carbons (Fsp3) is 0.143. The van der Waals surface area contributed by atoms with Crippen molar-refractivity contribution in [3.8, 4) is 34.5 Å². The van der Waals surface area contributed by atoms with Crippen LogP contribution in [0.5, 0.6) is 34.5 Å². The molecule has 1 aliphatic rings. The second-order valence-electron chi connectivity index (χ2n) is 8.82. The lowest BCUT2D eigenvalue weighted by Gasteiger charge is -2.41. The van der Waals surface area contributed by atoms with Crippen molar-refractivity contribution in [3.63, 3.8) is 0 Å². The van der Waals surface area contributed by atoms with E-state index >= 15 is 0 Å². The quantitative estimate of drug-likeness (QED) is 0.253. The second-order valence-corrected chi connectivity index (χ2v) is 8.82. The molecule has 6 N–H and O–H groups in total. The number of fused-ring (bicyclic) bond motifs is 1. The van der Waals surface area contributed by atoms with Gasteiger partial charge in [0.05, 0.1) is 0 Å². The summed E-state index contributed by atoms with van der Waals surface area (Å²) in [7, 11) is 0. The number of rotatable bonds is 3. The SMILES string of the molecule is Oc1ccc([C@H]2c3c(O)cc(O)cc3C[C@@H](c3ccc(O)cc3)[C@@H]2c2cc(O)cc(O)c2)cc1. The Kier molecular flexibility index (Phi) is 5.21. The number of aromatic hydroxyl groups is 6. The van der Waals surface area contributed by atoms with Crippen LogP contribution in [-0.2, 0) is 6.42 Å². The number of phenols is 6. The third-order valence-corrected chi connectivity index (χ3v) is 6.66. The first kappa shape index (κ1) is 21.5. The summed E-state index contributed by atoms with van der Waals surface area (Å²) < 4.78 is 0. The monoisotopic (exact) mass is 456 g/mol. The van der Waals surface area contributed by atoms with Gasteiger partial charge in [-0.2, -0.15) is 0 Å². The molecule has 0 saturated carbocycles. The van der Waals surface area contributed by atoms with Crippen LogP contribution in [0.2, 0.25) is 0 Å². The molecule has 5 rings (SSSR count). The molecule has 0 bridgehead atoms. The van der Waals surface area contributed by atoms with E-state index in [1.807, 2.05) is 12.1 Å². The molecule has 3 atom stereocenters. The zero-order valence-corrected chi connectivity index (χ0v) is 18.1. The molecule has 0 spiro atoms. The van der Waals surface area contributed by atoms with Crippen molar-refractivity contribution < 1.29 is 30.6 Å². The number of phenolic OH excluding ortho intramolecular Hbond substituents is 6. The normalized spacial score (nSPS) is 19.5. The van der Waals surface area contributed by atoms with Gasteiger partial charge in [-0.1, -0.05) is 24.3 Å². The van der Waals surface area contributed by atoms with E-state index in [1.54, 1.807) is 54.6 Å². The third kappa shape index (κ3) is 3.83. The molecule has 0 heterocycles. The van der Waals surface area contributed by atoms with E-state index in [9.17, 15) is 30.6 Å². The van der Waals surface area contributed by atoms with Crippen LogP contribution in [0.25, 0.3) is 0 Å². The van der Waals surface area contributed by atoms with Gasteiger partial charge in [-0.15, -0.1) is 0 Å². The summed E-state index contributed by atoms with van der Waals surface area (Å²) in [6.45, 7) is 0. The Bertz CT molecular complexity index is 1320. The van der Waals surface area contributed by atoms with Crippen molar-refractivity contribution in [1.29, 1.82) is 0 Å². The van der Waals surface area contributed by atoms with E-state index in [4.69, 9.17) is 0 Å². The number of benzene rings is 4. The average molecular weight is 456 g/mol. The van der Waals surface area contributed by atoms with E-state index in [0.29, 0.717) is 17.5 Å². The standard InChI is InChI=1S/C28H24O6/c29-19-5-1-15(2-6-19)24-12-18-11-23(33)14-25(34)27(18)28(16-3-7-20(30)8-4-16)26(24)17-9-21(31)13-22(32)10-17/h1-11,13-14,24,26,28-34H,12H2/t24-,26-,28+/m0/s1. The van der Waals surface area contributed by atoms with Crippen molar-refractivity contribution in [2.75, 3.05) is 0 Å². The summed E-state index contributed by atoms with van der Waals surface area (Å²) in [6, 6.07) is 21.0. The van der Waals surface area contributed by atoms with Crippen LogP contribution in [0.4, 0.5) is 0 Å². The summed E-state index contributed by atoms with van der Waals surface area (Å²) in [5.41, 5.74) is 3.83. The molecule has 0 radical (unpaired) electrons. The molecule has 0 aromatic heterocycles. The molecule has 1 aliphatic carbocycles. The van der Waals surface area contributed by atoms with Crippen LogP contribution in [0, 0.1) is 0 Å². The van der Waals surface area contributed by atoms with Crippen LogP contribution in [0.3, 0.4) is 0 Å². The summed E-state index contributed by atoms with van der Waals surface area (Å²) in [5, 5.41) is 61.5. The molecule has 4 aromatic carbocycles. The third-order valence-electron chi connectivity index (χ3n) is 6.66. The molecule has 34 heavy (non-hydrogen) atoms. The Morgan fingerprint density at radius 1 is 0.500 bits per heavy atom. The second kappa shape index (κ2) is 8.23. The molecule has 6 nitrogen and oxygen atoms in total. The molecule has 0 aliphatic heterocycles. The Labute approximate surface area is 196 Å². The van der Waals surface area contributed by atoms with Gasteiger partial charge in [0.25, 0.3) is 0 Å². The topological polar surface area (TPSA) is 121 Å². The van der Waals surface area contributed by atoms with Gasteiger partial charge in [0, 0.05) is 29.5 Å². The molecule has 0 saturated heterocycles. The minimum atomic E-state index is -0.426. The number of hydrogen-bond donors (Lipinski definition) is 6. The summed E-state index contributed by atoms with van der Waals surface area (Å²) in [4.78, 5) is 0. The highest BCUT2D eigenvalue weighted by Crippen LogP contribution is 2.56. The van der Waals surface area contributed by atoms with Crippen molar-refractivity contribution >= 4 is 0 Å². The van der Waals surface area contributed by atoms with Gasteiger partial charge in [-0.25, -0.2) is 0 Å². The Morgan fingerprint density at radius 2 is 1.03 bits per heavy atom. The van der Waals surface area contributed by atoms with Crippen LogP contribution in [-0.4, -0.2) is 30.6 Å². The average Bonchev–Trinajstić information content (AvgIpc) is 2.78. The Hall–Kier alpha value is -4.32. The highest BCUT2D eigenvalue weighted by atomic mass is 16.3. The first-order valence-electron chi connectivity index (χ1n) is 11.0. The van der Waals surface area contributed by atoms with E-state index in [1.165, 1.54) is 12.1 Å². The first-order valence-corrected chi connectivity index (χ1v) is 11.0. The summed E-state index contributed by atoms with van der Waals surface area (Å²) >= 11 is 0. The van der Waals surface area contributed by atoms with Crippen LogP contribution in [0.15, 0.2) is 78.9 Å². The molecular formula is C28H24O6. The largest absolute Gasteiger partial charge is 0.508 e. The Morgan fingerprint density at radius 3 is 1.62 bits per heavy atom.